The Hall–Kier alpha value is -2.41. The van der Waals surface area contributed by atoms with Gasteiger partial charge in [-0.1, -0.05) is 40.5 Å². The third-order valence-corrected chi connectivity index (χ3v) is 5.85. The van der Waals surface area contributed by atoms with Crippen molar-refractivity contribution in [3.8, 4) is 17.1 Å². The molecule has 1 saturated heterocycles. The van der Waals surface area contributed by atoms with E-state index in [-0.39, 0.29) is 0 Å². The Morgan fingerprint density at radius 2 is 1.76 bits per heavy atom. The van der Waals surface area contributed by atoms with E-state index in [1.54, 1.807) is 12.0 Å². The highest BCUT2D eigenvalue weighted by Crippen LogP contribution is 2.24. The van der Waals surface area contributed by atoms with E-state index in [2.05, 4.69) is 35.3 Å². The van der Waals surface area contributed by atoms with Gasteiger partial charge in [0.05, 0.1) is 12.1 Å². The Labute approximate surface area is 176 Å². The van der Waals surface area contributed by atoms with Crippen molar-refractivity contribution in [2.24, 2.45) is 0 Å². The number of ether oxygens (including phenoxy) is 1. The van der Waals surface area contributed by atoms with Gasteiger partial charge < -0.3 is 19.1 Å². The fourth-order valence-electron chi connectivity index (χ4n) is 3.92. The van der Waals surface area contributed by atoms with Gasteiger partial charge in [-0.25, -0.2) is 0 Å². The summed E-state index contributed by atoms with van der Waals surface area (Å²) in [4.78, 5) is 7.60. The summed E-state index contributed by atoms with van der Waals surface area (Å²) in [5, 5.41) is 4.74. The topological polar surface area (TPSA) is 57.0 Å². The van der Waals surface area contributed by atoms with Gasteiger partial charge in [0.15, 0.2) is 6.54 Å². The molecule has 1 fully saturated rings. The molecule has 2 aromatic carbocycles. The lowest BCUT2D eigenvalue weighted by Gasteiger charge is -2.29. The van der Waals surface area contributed by atoms with Crippen molar-refractivity contribution in [1.29, 1.82) is 0 Å². The first-order valence-corrected chi connectivity index (χ1v) is 10.4. The van der Waals surface area contributed by atoms with Crippen LogP contribution < -0.4 is 14.5 Å². The van der Waals surface area contributed by atoms with Crippen LogP contribution in [0.1, 0.15) is 17.0 Å². The Bertz CT molecular complexity index is 967. The molecule has 0 unspecified atom stereocenters. The van der Waals surface area contributed by atoms with E-state index in [4.69, 9.17) is 20.9 Å². The minimum absolute atomic E-state index is 0.556. The molecule has 0 aliphatic carbocycles. The summed E-state index contributed by atoms with van der Waals surface area (Å²) in [5.74, 6) is 2.20. The summed E-state index contributed by atoms with van der Waals surface area (Å²) in [6.07, 6.45) is 0. The van der Waals surface area contributed by atoms with Crippen molar-refractivity contribution in [2.45, 2.75) is 20.0 Å². The molecule has 2 N–H and O–H groups in total. The molecule has 0 radical (unpaired) electrons. The summed E-state index contributed by atoms with van der Waals surface area (Å²) >= 11 is 6.24. The molecule has 1 aliphatic heterocycles. The van der Waals surface area contributed by atoms with Crippen LogP contribution in [0.15, 0.2) is 47.0 Å². The van der Waals surface area contributed by atoms with Crippen molar-refractivity contribution < 1.29 is 19.1 Å². The molecule has 7 heteroatoms. The van der Waals surface area contributed by atoms with Crippen LogP contribution in [0.3, 0.4) is 0 Å². The van der Waals surface area contributed by atoms with Crippen LogP contribution in [0.25, 0.3) is 11.4 Å². The third-order valence-electron chi connectivity index (χ3n) is 5.52. The van der Waals surface area contributed by atoms with Crippen LogP contribution in [-0.4, -0.2) is 43.4 Å². The highest BCUT2D eigenvalue weighted by molar-refractivity contribution is 6.33. The van der Waals surface area contributed by atoms with Crippen molar-refractivity contribution in [3.63, 3.8) is 0 Å². The van der Waals surface area contributed by atoms with Crippen LogP contribution in [-0.2, 0) is 13.1 Å². The third kappa shape index (κ3) is 4.78. The molecule has 0 saturated carbocycles. The van der Waals surface area contributed by atoms with Gasteiger partial charge >= 0.3 is 0 Å². The van der Waals surface area contributed by atoms with E-state index in [0.717, 1.165) is 50.6 Å². The number of nitrogens with zero attached hydrogens (tertiary/aromatic N) is 2. The van der Waals surface area contributed by atoms with Crippen LogP contribution in [0.2, 0.25) is 5.02 Å². The maximum absolute atomic E-state index is 6.24. The van der Waals surface area contributed by atoms with Crippen LogP contribution >= 0.6 is 11.6 Å². The highest BCUT2D eigenvalue weighted by Gasteiger charge is 2.26. The first-order chi connectivity index (χ1) is 14.1. The number of hydrogen-bond donors (Lipinski definition) is 2. The van der Waals surface area contributed by atoms with E-state index in [1.165, 1.54) is 16.0 Å². The van der Waals surface area contributed by atoms with Gasteiger partial charge in [-0.3, -0.25) is 0 Å². The minimum atomic E-state index is 0.556. The van der Waals surface area contributed by atoms with Crippen molar-refractivity contribution in [3.05, 3.63) is 64.5 Å². The molecule has 6 nitrogen and oxygen atoms in total. The Balaban J connectivity index is 1.33. The molecular formula is C22H27ClN4O2+2. The largest absolute Gasteiger partial charge is 0.496 e. The first kappa shape index (κ1) is 19.9. The van der Waals surface area contributed by atoms with Gasteiger partial charge in [0, 0.05) is 11.1 Å². The molecule has 3 aromatic rings. The standard InChI is InChI=1S/C22H25ClN4O2/c1-16-7-8-20(28-2)17(13-16)14-26-9-11-27(12-10-26)15-21-24-22(25-29-21)18-5-3-4-6-19(18)23/h3-8,13H,9-12,14-15H2,1-2H3/p+2. The second-order valence-corrected chi connectivity index (χ2v) is 8.07. The van der Waals surface area contributed by atoms with Gasteiger partial charge in [0.1, 0.15) is 38.5 Å². The van der Waals surface area contributed by atoms with Crippen LogP contribution in [0.5, 0.6) is 5.75 Å². The van der Waals surface area contributed by atoms with E-state index < -0.39 is 0 Å². The molecule has 2 heterocycles. The normalized spacial score (nSPS) is 19.3. The smallest absolute Gasteiger partial charge is 0.282 e. The average Bonchev–Trinajstić information content (AvgIpc) is 3.18. The molecule has 0 atom stereocenters. The second kappa shape index (κ2) is 8.95. The molecule has 29 heavy (non-hydrogen) atoms. The number of halogens is 1. The lowest BCUT2D eigenvalue weighted by molar-refractivity contribution is -1.02. The van der Waals surface area contributed by atoms with Crippen molar-refractivity contribution in [1.82, 2.24) is 10.1 Å². The van der Waals surface area contributed by atoms with Crippen molar-refractivity contribution >= 4 is 11.6 Å². The monoisotopic (exact) mass is 414 g/mol. The number of aromatic nitrogens is 2. The van der Waals surface area contributed by atoms with Gasteiger partial charge in [0.25, 0.3) is 5.89 Å². The molecule has 0 bridgehead atoms. The summed E-state index contributed by atoms with van der Waals surface area (Å²) in [7, 11) is 1.74. The van der Waals surface area contributed by atoms with Gasteiger partial charge in [-0.05, 0) is 31.2 Å². The number of nitrogens with one attached hydrogen (secondary N) is 2. The Morgan fingerprint density at radius 3 is 2.48 bits per heavy atom. The zero-order chi connectivity index (χ0) is 20.2. The summed E-state index contributed by atoms with van der Waals surface area (Å²) in [5.41, 5.74) is 3.36. The minimum Gasteiger partial charge on any atom is -0.496 e. The molecule has 1 aliphatic rings. The van der Waals surface area contributed by atoms with Gasteiger partial charge in [0.2, 0.25) is 5.82 Å². The maximum atomic E-state index is 6.24. The molecule has 152 valence electrons. The number of benzene rings is 2. The van der Waals surface area contributed by atoms with Crippen LogP contribution in [0.4, 0.5) is 0 Å². The fourth-order valence-corrected chi connectivity index (χ4v) is 4.14. The van der Waals surface area contributed by atoms with Gasteiger partial charge in [-0.15, -0.1) is 0 Å². The maximum Gasteiger partial charge on any atom is 0.282 e. The van der Waals surface area contributed by atoms with Gasteiger partial charge in [-0.2, -0.15) is 4.98 Å². The number of piperazine rings is 1. The van der Waals surface area contributed by atoms with E-state index >= 15 is 0 Å². The second-order valence-electron chi connectivity index (χ2n) is 7.66. The number of rotatable bonds is 6. The SMILES string of the molecule is COc1ccc(C)cc1C[NH+]1CC[NH+](Cc2nc(-c3ccccc3Cl)no2)CC1. The number of aryl methyl sites for hydroxylation is 1. The molecule has 1 aromatic heterocycles. The summed E-state index contributed by atoms with van der Waals surface area (Å²) in [6, 6.07) is 14.0. The zero-order valence-electron chi connectivity index (χ0n) is 16.9. The fraction of sp³-hybridized carbons (Fsp3) is 0.364. The lowest BCUT2D eigenvalue weighted by atomic mass is 10.1. The van der Waals surface area contributed by atoms with E-state index in [1.807, 2.05) is 24.3 Å². The number of quaternary nitrogens is 2. The van der Waals surface area contributed by atoms with Crippen molar-refractivity contribution in [2.75, 3.05) is 33.3 Å². The summed E-state index contributed by atoms with van der Waals surface area (Å²) < 4.78 is 11.0. The average molecular weight is 415 g/mol. The Kier molecular flexibility index (Phi) is 6.13. The quantitative estimate of drug-likeness (QED) is 0.636. The molecule has 4 rings (SSSR count). The van der Waals surface area contributed by atoms with Crippen LogP contribution in [0, 0.1) is 6.92 Å². The van der Waals surface area contributed by atoms with E-state index in [0.29, 0.717) is 16.7 Å². The molecular weight excluding hydrogens is 388 g/mol. The number of hydrogen-bond acceptors (Lipinski definition) is 4. The predicted molar refractivity (Wildman–Crippen MR) is 111 cm³/mol. The molecule has 0 spiro atoms. The predicted octanol–water partition coefficient (Wildman–Crippen LogP) is 1.19. The van der Waals surface area contributed by atoms with E-state index in [9.17, 15) is 0 Å². The summed E-state index contributed by atoms with van der Waals surface area (Å²) in [6.45, 7) is 8.24. The molecule has 0 amide bonds. The lowest BCUT2D eigenvalue weighted by Crippen LogP contribution is -3.27. The Morgan fingerprint density at radius 1 is 1.03 bits per heavy atom. The highest BCUT2D eigenvalue weighted by atomic mass is 35.5. The first-order valence-electron chi connectivity index (χ1n) is 10.0. The number of methoxy groups -OCH3 is 1. The zero-order valence-corrected chi connectivity index (χ0v) is 17.6.